The summed E-state index contributed by atoms with van der Waals surface area (Å²) in [6.45, 7) is 4.06. The van der Waals surface area contributed by atoms with Crippen molar-refractivity contribution >= 4 is 47.2 Å². The van der Waals surface area contributed by atoms with Gasteiger partial charge in [-0.3, -0.25) is 9.79 Å². The number of methoxy groups -OCH3 is 1. The third kappa shape index (κ3) is 8.54. The van der Waals surface area contributed by atoms with Crippen molar-refractivity contribution in [3.05, 3.63) is 21.9 Å². The molecule has 0 bridgehead atoms. The van der Waals surface area contributed by atoms with E-state index in [4.69, 9.17) is 4.74 Å². The molecule has 0 aliphatic carbocycles. The van der Waals surface area contributed by atoms with Crippen molar-refractivity contribution in [2.45, 2.75) is 19.9 Å². The van der Waals surface area contributed by atoms with Gasteiger partial charge in [-0.25, -0.2) is 0 Å². The highest BCUT2D eigenvalue weighted by Crippen LogP contribution is 2.16. The van der Waals surface area contributed by atoms with E-state index in [9.17, 15) is 4.79 Å². The quantitative estimate of drug-likeness (QED) is 0.247. The maximum absolute atomic E-state index is 11.5. The second-order valence-corrected chi connectivity index (χ2v) is 5.60. The largest absolute Gasteiger partial charge is 0.383 e. The van der Waals surface area contributed by atoms with E-state index in [0.717, 1.165) is 6.42 Å². The summed E-state index contributed by atoms with van der Waals surface area (Å²) in [4.78, 5) is 18.3. The van der Waals surface area contributed by atoms with Gasteiger partial charge >= 0.3 is 0 Å². The molecule has 8 heteroatoms. The Kier molecular flexibility index (Phi) is 12.2. The normalized spacial score (nSPS) is 10.8. The summed E-state index contributed by atoms with van der Waals surface area (Å²) in [6.07, 6.45) is 1.05. The summed E-state index contributed by atoms with van der Waals surface area (Å²) in [5, 5.41) is 8.91. The number of hydrogen-bond acceptors (Lipinski definition) is 4. The molecule has 0 aromatic carbocycles. The minimum absolute atomic E-state index is 0. The number of ether oxygens (including phenoxy) is 1. The van der Waals surface area contributed by atoms with Gasteiger partial charge in [0.25, 0.3) is 0 Å². The molecule has 126 valence electrons. The summed E-state index contributed by atoms with van der Waals surface area (Å²) in [7, 11) is 3.29. The molecule has 22 heavy (non-hydrogen) atoms. The number of amides is 1. The van der Waals surface area contributed by atoms with Crippen LogP contribution in [0.4, 0.5) is 0 Å². The predicted octanol–water partition coefficient (Wildman–Crippen LogP) is 1.36. The van der Waals surface area contributed by atoms with Crippen LogP contribution in [0.15, 0.2) is 17.1 Å². The molecule has 0 aliphatic heterocycles. The smallest absolute Gasteiger partial charge is 0.239 e. The fourth-order valence-corrected chi connectivity index (χ4v) is 2.52. The Morgan fingerprint density at radius 1 is 1.27 bits per heavy atom. The highest BCUT2D eigenvalue weighted by Gasteiger charge is 2.04. The van der Waals surface area contributed by atoms with Gasteiger partial charge in [-0.05, 0) is 18.6 Å². The van der Waals surface area contributed by atoms with E-state index in [1.54, 1.807) is 25.5 Å². The Hall–Kier alpha value is -0.870. The van der Waals surface area contributed by atoms with Crippen LogP contribution in [0.2, 0.25) is 0 Å². The molecule has 1 aromatic rings. The van der Waals surface area contributed by atoms with Crippen LogP contribution in [-0.4, -0.2) is 45.7 Å². The number of hydrogen-bond donors (Lipinski definition) is 3. The summed E-state index contributed by atoms with van der Waals surface area (Å²) in [5.74, 6) is 0.530. The predicted molar refractivity (Wildman–Crippen MR) is 102 cm³/mol. The van der Waals surface area contributed by atoms with Crippen molar-refractivity contribution in [1.82, 2.24) is 16.0 Å². The van der Waals surface area contributed by atoms with Crippen LogP contribution < -0.4 is 16.0 Å². The molecule has 3 N–H and O–H groups in total. The molecule has 0 atom stereocenters. The van der Waals surface area contributed by atoms with Crippen LogP contribution in [0.3, 0.4) is 0 Å². The maximum Gasteiger partial charge on any atom is 0.239 e. The monoisotopic (exact) mass is 440 g/mol. The number of guanidine groups is 1. The molecule has 0 saturated carbocycles. The van der Waals surface area contributed by atoms with E-state index in [1.807, 2.05) is 0 Å². The summed E-state index contributed by atoms with van der Waals surface area (Å²) in [6, 6.07) is 4.25. The number of nitrogens with zero attached hydrogens (tertiary/aromatic N) is 1. The Labute approximate surface area is 153 Å². The molecule has 1 amide bonds. The number of halogens is 1. The van der Waals surface area contributed by atoms with Crippen molar-refractivity contribution in [2.75, 3.05) is 33.9 Å². The molecular formula is C14H25IN4O2S. The fourth-order valence-electron chi connectivity index (χ4n) is 1.62. The SMILES string of the molecule is CCc1ccc(CNC(=NC)NCC(=O)NCCOC)s1.I. The molecule has 0 saturated heterocycles. The van der Waals surface area contributed by atoms with Gasteiger partial charge in [0.2, 0.25) is 5.91 Å². The van der Waals surface area contributed by atoms with Gasteiger partial charge in [-0.1, -0.05) is 6.92 Å². The number of aryl methyl sites for hydroxylation is 1. The number of carbonyl (C=O) groups is 1. The van der Waals surface area contributed by atoms with Crippen molar-refractivity contribution in [1.29, 1.82) is 0 Å². The number of carbonyl (C=O) groups excluding carboxylic acids is 1. The first-order valence-electron chi connectivity index (χ1n) is 6.97. The zero-order valence-electron chi connectivity index (χ0n) is 13.3. The molecule has 0 fully saturated rings. The fraction of sp³-hybridized carbons (Fsp3) is 0.571. The topological polar surface area (TPSA) is 74.8 Å². The number of aliphatic imine (C=N–C) groups is 1. The molecule has 1 heterocycles. The van der Waals surface area contributed by atoms with Crippen LogP contribution in [0.25, 0.3) is 0 Å². The minimum Gasteiger partial charge on any atom is -0.383 e. The summed E-state index contributed by atoms with van der Waals surface area (Å²) < 4.78 is 4.87. The molecule has 1 rings (SSSR count). The Balaban J connectivity index is 0.00000441. The highest BCUT2D eigenvalue weighted by molar-refractivity contribution is 14.0. The Morgan fingerprint density at radius 2 is 2.00 bits per heavy atom. The van der Waals surface area contributed by atoms with Gasteiger partial charge in [0, 0.05) is 30.5 Å². The van der Waals surface area contributed by atoms with Crippen molar-refractivity contribution in [3.8, 4) is 0 Å². The third-order valence-electron chi connectivity index (χ3n) is 2.76. The van der Waals surface area contributed by atoms with Crippen LogP contribution in [-0.2, 0) is 22.5 Å². The minimum atomic E-state index is -0.0839. The molecule has 1 aromatic heterocycles. The Bertz CT molecular complexity index is 465. The van der Waals surface area contributed by atoms with Gasteiger partial charge in [0.05, 0.1) is 19.7 Å². The van der Waals surface area contributed by atoms with E-state index in [-0.39, 0.29) is 36.4 Å². The van der Waals surface area contributed by atoms with Crippen LogP contribution in [0.5, 0.6) is 0 Å². The first kappa shape index (κ1) is 21.1. The van der Waals surface area contributed by atoms with Gasteiger partial charge in [0.1, 0.15) is 0 Å². The van der Waals surface area contributed by atoms with Gasteiger partial charge in [-0.15, -0.1) is 35.3 Å². The highest BCUT2D eigenvalue weighted by atomic mass is 127. The summed E-state index contributed by atoms with van der Waals surface area (Å²) >= 11 is 1.78. The van der Waals surface area contributed by atoms with Gasteiger partial charge < -0.3 is 20.7 Å². The average molecular weight is 440 g/mol. The number of thiophene rings is 1. The lowest BCUT2D eigenvalue weighted by molar-refractivity contribution is -0.120. The number of rotatable bonds is 8. The molecule has 0 spiro atoms. The van der Waals surface area contributed by atoms with Gasteiger partial charge in [-0.2, -0.15) is 0 Å². The molecule has 0 aliphatic rings. The molecular weight excluding hydrogens is 415 g/mol. The van der Waals surface area contributed by atoms with Crippen molar-refractivity contribution < 1.29 is 9.53 Å². The molecule has 6 nitrogen and oxygen atoms in total. The maximum atomic E-state index is 11.5. The first-order chi connectivity index (χ1) is 10.2. The lowest BCUT2D eigenvalue weighted by atomic mass is 10.4. The van der Waals surface area contributed by atoms with Crippen LogP contribution in [0.1, 0.15) is 16.7 Å². The standard InChI is InChI=1S/C14H24N4O2S.HI/c1-4-11-5-6-12(21-11)9-17-14(15-2)18-10-13(19)16-7-8-20-3;/h5-6H,4,7-10H2,1-3H3,(H,16,19)(H2,15,17,18);1H. The van der Waals surface area contributed by atoms with Crippen molar-refractivity contribution in [3.63, 3.8) is 0 Å². The van der Waals surface area contributed by atoms with Gasteiger partial charge in [0.15, 0.2) is 5.96 Å². The van der Waals surface area contributed by atoms with E-state index >= 15 is 0 Å². The molecule has 0 radical (unpaired) electrons. The van der Waals surface area contributed by atoms with Crippen LogP contribution >= 0.6 is 35.3 Å². The zero-order chi connectivity index (χ0) is 15.5. The van der Waals surface area contributed by atoms with Crippen LogP contribution in [0, 0.1) is 0 Å². The number of nitrogens with one attached hydrogen (secondary N) is 3. The second-order valence-electron chi connectivity index (χ2n) is 4.34. The average Bonchev–Trinajstić information content (AvgIpc) is 2.96. The lowest BCUT2D eigenvalue weighted by Crippen LogP contribution is -2.43. The van der Waals surface area contributed by atoms with E-state index in [0.29, 0.717) is 25.7 Å². The Morgan fingerprint density at radius 3 is 2.59 bits per heavy atom. The summed E-state index contributed by atoms with van der Waals surface area (Å²) in [5.41, 5.74) is 0. The van der Waals surface area contributed by atoms with Crippen molar-refractivity contribution in [2.24, 2.45) is 4.99 Å². The second kappa shape index (κ2) is 12.7. The first-order valence-corrected chi connectivity index (χ1v) is 7.79. The van der Waals surface area contributed by atoms with E-state index in [1.165, 1.54) is 9.75 Å². The van der Waals surface area contributed by atoms with E-state index < -0.39 is 0 Å². The molecule has 0 unspecified atom stereocenters. The lowest BCUT2D eigenvalue weighted by Gasteiger charge is -2.11. The third-order valence-corrected chi connectivity index (χ3v) is 3.99. The van der Waals surface area contributed by atoms with E-state index in [2.05, 4.69) is 40.0 Å². The zero-order valence-corrected chi connectivity index (χ0v) is 16.4.